The van der Waals surface area contributed by atoms with E-state index in [1.165, 1.54) is 6.92 Å². The fraction of sp³-hybridized carbons (Fsp3) is 0.429. The van der Waals surface area contributed by atoms with E-state index in [1.54, 1.807) is 17.2 Å². The quantitative estimate of drug-likeness (QED) is 0.468. The summed E-state index contributed by atoms with van der Waals surface area (Å²) in [6.07, 6.45) is 3.89. The number of ketones is 2. The number of carbonyl (C=O) groups excluding carboxylic acids is 2. The van der Waals surface area contributed by atoms with Crippen LogP contribution in [-0.2, 0) is 20.8 Å². The van der Waals surface area contributed by atoms with Gasteiger partial charge in [0.15, 0.2) is 5.78 Å². The summed E-state index contributed by atoms with van der Waals surface area (Å²) in [5, 5.41) is 12.4. The zero-order chi connectivity index (χ0) is 21.4. The van der Waals surface area contributed by atoms with Gasteiger partial charge in [-0.2, -0.15) is 0 Å². The zero-order valence-corrected chi connectivity index (χ0v) is 17.0. The first-order valence-electron chi connectivity index (χ1n) is 9.62. The Morgan fingerprint density at radius 1 is 1.17 bits per heavy atom. The van der Waals surface area contributed by atoms with E-state index < -0.39 is 29.5 Å². The molecule has 0 saturated carbocycles. The van der Waals surface area contributed by atoms with E-state index >= 15 is 0 Å². The SMILES string of the molecule is CC(=O)C(=O)C(CNC(CC(C)C)C(=O)O)Cc1cncn1Nc1ccccc1. The Balaban J connectivity index is 2.13. The normalized spacial score (nSPS) is 13.1. The Morgan fingerprint density at radius 2 is 1.86 bits per heavy atom. The van der Waals surface area contributed by atoms with Crippen molar-refractivity contribution in [3.05, 3.63) is 48.5 Å². The zero-order valence-electron chi connectivity index (χ0n) is 17.0. The molecule has 0 aliphatic heterocycles. The molecule has 2 rings (SSSR count). The topological polar surface area (TPSA) is 113 Å². The number of carbonyl (C=O) groups is 3. The molecule has 0 radical (unpaired) electrons. The maximum atomic E-state index is 12.5. The molecule has 0 aliphatic carbocycles. The third kappa shape index (κ3) is 6.83. The number of carboxylic acid groups (broad SMARTS) is 1. The van der Waals surface area contributed by atoms with Crippen LogP contribution in [0.4, 0.5) is 5.69 Å². The first kappa shape index (κ1) is 22.3. The smallest absolute Gasteiger partial charge is 0.320 e. The number of imidazole rings is 1. The van der Waals surface area contributed by atoms with Crippen molar-refractivity contribution in [2.75, 3.05) is 12.0 Å². The number of nitrogens with one attached hydrogen (secondary N) is 2. The van der Waals surface area contributed by atoms with Gasteiger partial charge in [-0.25, -0.2) is 9.66 Å². The summed E-state index contributed by atoms with van der Waals surface area (Å²) in [6.45, 7) is 5.20. The van der Waals surface area contributed by atoms with E-state index in [0.29, 0.717) is 12.1 Å². The summed E-state index contributed by atoms with van der Waals surface area (Å²) in [6, 6.07) is 8.71. The number of anilines is 1. The van der Waals surface area contributed by atoms with E-state index in [2.05, 4.69) is 15.7 Å². The lowest BCUT2D eigenvalue weighted by Crippen LogP contribution is -2.43. The second kappa shape index (κ2) is 10.5. The van der Waals surface area contributed by atoms with Crippen LogP contribution in [-0.4, -0.2) is 44.9 Å². The number of Topliss-reactive ketones (excluding diaryl/α,β-unsaturated/α-hetero) is 2. The molecule has 29 heavy (non-hydrogen) atoms. The van der Waals surface area contributed by atoms with Gasteiger partial charge in [-0.15, -0.1) is 0 Å². The second-order valence-electron chi connectivity index (χ2n) is 7.48. The van der Waals surface area contributed by atoms with Gasteiger partial charge in [0.1, 0.15) is 12.4 Å². The van der Waals surface area contributed by atoms with Gasteiger partial charge < -0.3 is 10.4 Å². The molecular formula is C21H28N4O4. The van der Waals surface area contributed by atoms with Gasteiger partial charge in [-0.05, 0) is 24.5 Å². The maximum absolute atomic E-state index is 12.5. The molecule has 156 valence electrons. The van der Waals surface area contributed by atoms with Crippen molar-refractivity contribution in [2.45, 2.75) is 39.7 Å². The van der Waals surface area contributed by atoms with Crippen LogP contribution in [0.3, 0.4) is 0 Å². The van der Waals surface area contributed by atoms with Gasteiger partial charge >= 0.3 is 5.97 Å². The number of carboxylic acids is 1. The number of para-hydroxylation sites is 1. The number of benzene rings is 1. The number of hydrogen-bond donors (Lipinski definition) is 3. The van der Waals surface area contributed by atoms with Gasteiger partial charge in [-0.1, -0.05) is 32.0 Å². The minimum Gasteiger partial charge on any atom is -0.480 e. The lowest BCUT2D eigenvalue weighted by atomic mass is 9.95. The van der Waals surface area contributed by atoms with Crippen LogP contribution in [0.15, 0.2) is 42.9 Å². The number of hydrogen-bond acceptors (Lipinski definition) is 6. The van der Waals surface area contributed by atoms with Crippen molar-refractivity contribution in [3.8, 4) is 0 Å². The molecule has 3 N–H and O–H groups in total. The molecule has 0 bridgehead atoms. The molecule has 0 aliphatic rings. The van der Waals surface area contributed by atoms with Gasteiger partial charge in [0.2, 0.25) is 5.78 Å². The minimum atomic E-state index is -0.969. The highest BCUT2D eigenvalue weighted by Crippen LogP contribution is 2.14. The van der Waals surface area contributed by atoms with E-state index in [0.717, 1.165) is 5.69 Å². The predicted molar refractivity (Wildman–Crippen MR) is 109 cm³/mol. The standard InChI is InChI=1S/C21H28N4O4/c1-14(2)9-19(21(28)29)23-11-16(20(27)15(3)26)10-18-12-22-13-25(18)24-17-7-5-4-6-8-17/h4-8,12-14,16,19,23-24H,9-11H2,1-3H3,(H,28,29). The van der Waals surface area contributed by atoms with Crippen LogP contribution >= 0.6 is 0 Å². The number of nitrogens with zero attached hydrogens (tertiary/aromatic N) is 2. The van der Waals surface area contributed by atoms with E-state index in [4.69, 9.17) is 0 Å². The van der Waals surface area contributed by atoms with Crippen LogP contribution in [0.2, 0.25) is 0 Å². The fourth-order valence-electron chi connectivity index (χ4n) is 3.05. The second-order valence-corrected chi connectivity index (χ2v) is 7.48. The van der Waals surface area contributed by atoms with Crippen molar-refractivity contribution >= 4 is 23.2 Å². The summed E-state index contributed by atoms with van der Waals surface area (Å²) in [5.74, 6) is -2.55. The largest absolute Gasteiger partial charge is 0.480 e. The Morgan fingerprint density at radius 3 is 2.45 bits per heavy atom. The molecule has 2 atom stereocenters. The van der Waals surface area contributed by atoms with Crippen molar-refractivity contribution in [1.82, 2.24) is 15.0 Å². The highest BCUT2D eigenvalue weighted by atomic mass is 16.4. The Bertz CT molecular complexity index is 832. The third-order valence-electron chi connectivity index (χ3n) is 4.53. The van der Waals surface area contributed by atoms with Gasteiger partial charge in [0.25, 0.3) is 0 Å². The average Bonchev–Trinajstić information content (AvgIpc) is 3.10. The molecule has 8 heteroatoms. The molecule has 2 aromatic rings. The summed E-state index contributed by atoms with van der Waals surface area (Å²) >= 11 is 0. The first-order valence-corrected chi connectivity index (χ1v) is 9.62. The molecular weight excluding hydrogens is 372 g/mol. The molecule has 0 fully saturated rings. The molecule has 1 aromatic heterocycles. The van der Waals surface area contributed by atoms with Crippen LogP contribution in [0.25, 0.3) is 0 Å². The van der Waals surface area contributed by atoms with Crippen molar-refractivity contribution < 1.29 is 19.5 Å². The maximum Gasteiger partial charge on any atom is 0.320 e. The molecule has 8 nitrogen and oxygen atoms in total. The summed E-state index contributed by atoms with van der Waals surface area (Å²) in [7, 11) is 0. The van der Waals surface area contributed by atoms with Crippen LogP contribution in [0.5, 0.6) is 0 Å². The molecule has 0 spiro atoms. The summed E-state index contributed by atoms with van der Waals surface area (Å²) < 4.78 is 1.69. The summed E-state index contributed by atoms with van der Waals surface area (Å²) in [5.41, 5.74) is 4.74. The third-order valence-corrected chi connectivity index (χ3v) is 4.53. The fourth-order valence-corrected chi connectivity index (χ4v) is 3.05. The van der Waals surface area contributed by atoms with Crippen LogP contribution in [0, 0.1) is 11.8 Å². The molecule has 2 unspecified atom stereocenters. The van der Waals surface area contributed by atoms with Gasteiger partial charge in [0, 0.05) is 25.8 Å². The van der Waals surface area contributed by atoms with Crippen molar-refractivity contribution in [3.63, 3.8) is 0 Å². The van der Waals surface area contributed by atoms with Crippen LogP contribution in [0.1, 0.15) is 32.9 Å². The van der Waals surface area contributed by atoms with E-state index in [9.17, 15) is 19.5 Å². The monoisotopic (exact) mass is 400 g/mol. The van der Waals surface area contributed by atoms with Crippen LogP contribution < -0.4 is 10.7 Å². The van der Waals surface area contributed by atoms with Gasteiger partial charge in [0.05, 0.1) is 17.6 Å². The highest BCUT2D eigenvalue weighted by Gasteiger charge is 2.27. The van der Waals surface area contributed by atoms with E-state index in [1.807, 2.05) is 44.2 Å². The average molecular weight is 400 g/mol. The predicted octanol–water partition coefficient (Wildman–Crippen LogP) is 2.16. The van der Waals surface area contributed by atoms with Crippen molar-refractivity contribution in [1.29, 1.82) is 0 Å². The Hall–Kier alpha value is -3.00. The van der Waals surface area contributed by atoms with Gasteiger partial charge in [-0.3, -0.25) is 19.8 Å². The lowest BCUT2D eigenvalue weighted by molar-refractivity contribution is -0.140. The summed E-state index contributed by atoms with van der Waals surface area (Å²) in [4.78, 5) is 39.8. The number of aliphatic carboxylic acids is 1. The van der Waals surface area contributed by atoms with Crippen molar-refractivity contribution in [2.24, 2.45) is 11.8 Å². The Labute approximate surface area is 170 Å². The molecule has 1 heterocycles. The first-order chi connectivity index (χ1) is 13.8. The van der Waals surface area contributed by atoms with E-state index in [-0.39, 0.29) is 18.9 Å². The molecule has 0 amide bonds. The molecule has 1 aromatic carbocycles. The molecule has 0 saturated heterocycles. The number of aromatic nitrogens is 2. The Kier molecular flexibility index (Phi) is 8.09. The minimum absolute atomic E-state index is 0.0959. The highest BCUT2D eigenvalue weighted by molar-refractivity contribution is 6.37. The lowest BCUT2D eigenvalue weighted by Gasteiger charge is -2.21. The number of rotatable bonds is 12.